The lowest BCUT2D eigenvalue weighted by Gasteiger charge is -2.26. The quantitative estimate of drug-likeness (QED) is 0.0825. The van der Waals surface area contributed by atoms with Gasteiger partial charge < -0.3 is 4.74 Å². The topological polar surface area (TPSA) is 46.3 Å². The molecule has 0 heterocycles. The number of hydrogen-bond acceptors (Lipinski definition) is 7. The summed E-state index contributed by atoms with van der Waals surface area (Å²) >= 11 is 14.4. The number of unbranched alkanes of at least 4 members (excludes halogenated alkanes) is 3. The summed E-state index contributed by atoms with van der Waals surface area (Å²) in [5, 5.41) is 7.22. The molecule has 1 unspecified atom stereocenters. The minimum atomic E-state index is -2.88. The minimum absolute atomic E-state index is 0.552. The van der Waals surface area contributed by atoms with Crippen LogP contribution in [-0.4, -0.2) is 30.6 Å². The normalized spacial score (nSPS) is 16.1. The molecule has 2 rings (SSSR count). The van der Waals surface area contributed by atoms with Crippen LogP contribution in [-0.2, 0) is 0 Å². The van der Waals surface area contributed by atoms with Crippen molar-refractivity contribution in [1.82, 2.24) is 0 Å². The van der Waals surface area contributed by atoms with Crippen molar-refractivity contribution in [2.75, 3.05) is 6.61 Å². The lowest BCUT2D eigenvalue weighted by atomic mass is 9.81. The molecule has 0 spiro atoms. The van der Waals surface area contributed by atoms with Crippen LogP contribution in [0.5, 0.6) is 5.75 Å². The van der Waals surface area contributed by atoms with Crippen LogP contribution in [0.4, 0.5) is 0 Å². The number of isothiocyanates is 3. The molecule has 8 heteroatoms. The SMILES string of the molecule is CCCCCCC(CCC)c1ccc(OCCC[Si](N=C=S)(N=C=S)N=C=S)c(C2CCCCC2)c1. The molecular weight excluding hydrogens is 519 g/mol. The van der Waals surface area contributed by atoms with Crippen LogP contribution in [0.25, 0.3) is 0 Å². The van der Waals surface area contributed by atoms with E-state index in [1.165, 1.54) is 88.2 Å². The first-order chi connectivity index (χ1) is 17.6. The highest BCUT2D eigenvalue weighted by Gasteiger charge is 2.34. The Morgan fingerprint density at radius 1 is 0.889 bits per heavy atom. The van der Waals surface area contributed by atoms with Crippen LogP contribution in [0.15, 0.2) is 32.2 Å². The molecule has 0 aromatic heterocycles. The van der Waals surface area contributed by atoms with E-state index in [0.717, 1.165) is 12.2 Å². The summed E-state index contributed by atoms with van der Waals surface area (Å²) in [6.07, 6.45) is 16.2. The van der Waals surface area contributed by atoms with Gasteiger partial charge in [-0.05, 0) is 97.8 Å². The highest BCUT2D eigenvalue weighted by atomic mass is 32.1. The third kappa shape index (κ3) is 10.2. The summed E-state index contributed by atoms with van der Waals surface area (Å²) < 4.78 is 19.0. The molecule has 1 saturated carbocycles. The van der Waals surface area contributed by atoms with Gasteiger partial charge >= 0.3 is 8.56 Å². The fourth-order valence-corrected chi connectivity index (χ4v) is 8.14. The van der Waals surface area contributed by atoms with E-state index >= 15 is 0 Å². The van der Waals surface area contributed by atoms with Crippen LogP contribution in [0.3, 0.4) is 0 Å². The van der Waals surface area contributed by atoms with Crippen molar-refractivity contribution < 1.29 is 4.74 Å². The fraction of sp³-hybridized carbons (Fsp3) is 0.679. The predicted octanol–water partition coefficient (Wildman–Crippen LogP) is 9.60. The Hall–Kier alpha value is -1.36. The fourth-order valence-electron chi connectivity index (χ4n) is 5.28. The molecule has 1 aliphatic rings. The van der Waals surface area contributed by atoms with Crippen LogP contribution in [0.2, 0.25) is 6.04 Å². The van der Waals surface area contributed by atoms with Crippen molar-refractivity contribution in [1.29, 1.82) is 0 Å². The highest BCUT2D eigenvalue weighted by Crippen LogP contribution is 2.40. The first kappa shape index (κ1) is 30.9. The molecule has 0 bridgehead atoms. The molecule has 196 valence electrons. The number of benzene rings is 1. The average molecular weight is 560 g/mol. The molecule has 0 saturated heterocycles. The lowest BCUT2D eigenvalue weighted by molar-refractivity contribution is 0.307. The molecule has 0 N–H and O–H groups in total. The monoisotopic (exact) mass is 559 g/mol. The number of thiocarbonyl (C=S) groups is 3. The Balaban J connectivity index is 2.18. The maximum absolute atomic E-state index is 6.39. The largest absolute Gasteiger partial charge is 0.493 e. The zero-order valence-corrected chi connectivity index (χ0v) is 25.4. The van der Waals surface area contributed by atoms with Crippen LogP contribution in [0.1, 0.15) is 120 Å². The summed E-state index contributed by atoms with van der Waals surface area (Å²) in [5.74, 6) is 2.25. The van der Waals surface area contributed by atoms with E-state index in [1.54, 1.807) is 0 Å². The summed E-state index contributed by atoms with van der Waals surface area (Å²) in [6, 6.07) is 7.59. The number of hydrogen-bond donors (Lipinski definition) is 0. The second-order valence-corrected chi connectivity index (χ2v) is 13.1. The zero-order chi connectivity index (χ0) is 26.1. The maximum atomic E-state index is 6.39. The molecule has 0 aliphatic heterocycles. The summed E-state index contributed by atoms with van der Waals surface area (Å²) in [6.45, 7) is 5.13. The molecule has 36 heavy (non-hydrogen) atoms. The maximum Gasteiger partial charge on any atom is 0.461 e. The van der Waals surface area contributed by atoms with E-state index in [1.807, 2.05) is 0 Å². The van der Waals surface area contributed by atoms with Gasteiger partial charge in [-0.3, -0.25) is 0 Å². The Bertz CT molecular complexity index is 902. The van der Waals surface area contributed by atoms with E-state index in [-0.39, 0.29) is 0 Å². The Morgan fingerprint density at radius 2 is 1.58 bits per heavy atom. The van der Waals surface area contributed by atoms with Crippen molar-refractivity contribution in [3.63, 3.8) is 0 Å². The van der Waals surface area contributed by atoms with Crippen LogP contribution >= 0.6 is 36.7 Å². The van der Waals surface area contributed by atoms with Crippen molar-refractivity contribution in [3.8, 4) is 5.75 Å². The number of nitrogens with zero attached hydrogens (tertiary/aromatic N) is 3. The van der Waals surface area contributed by atoms with Crippen molar-refractivity contribution in [2.24, 2.45) is 14.0 Å². The first-order valence-electron chi connectivity index (χ1n) is 13.7. The molecule has 1 atom stereocenters. The second-order valence-electron chi connectivity index (χ2n) is 9.80. The summed E-state index contributed by atoms with van der Waals surface area (Å²) in [7, 11) is -2.88. The number of rotatable bonds is 17. The van der Waals surface area contributed by atoms with Crippen molar-refractivity contribution >= 4 is 60.7 Å². The lowest BCUT2D eigenvalue weighted by Crippen LogP contribution is -2.28. The van der Waals surface area contributed by atoms with Crippen molar-refractivity contribution in [3.05, 3.63) is 29.3 Å². The van der Waals surface area contributed by atoms with Gasteiger partial charge in [-0.15, -0.1) is 0 Å². The van der Waals surface area contributed by atoms with Gasteiger partial charge in [-0.25, -0.2) is 14.0 Å². The highest BCUT2D eigenvalue weighted by molar-refractivity contribution is 7.78. The second kappa shape index (κ2) is 18.0. The molecule has 1 fully saturated rings. The summed E-state index contributed by atoms with van der Waals surface area (Å²) in [5.41, 5.74) is 2.89. The molecule has 0 radical (unpaired) electrons. The van der Waals surface area contributed by atoms with Gasteiger partial charge in [-0.1, -0.05) is 77.3 Å². The van der Waals surface area contributed by atoms with Gasteiger partial charge in [0.25, 0.3) is 0 Å². The average Bonchev–Trinajstić information content (AvgIpc) is 2.89. The van der Waals surface area contributed by atoms with Gasteiger partial charge in [0.15, 0.2) is 0 Å². The molecule has 1 aromatic carbocycles. The zero-order valence-electron chi connectivity index (χ0n) is 22.0. The van der Waals surface area contributed by atoms with E-state index in [0.29, 0.717) is 24.5 Å². The Morgan fingerprint density at radius 3 is 2.19 bits per heavy atom. The molecule has 0 amide bonds. The van der Waals surface area contributed by atoms with E-state index < -0.39 is 8.56 Å². The van der Waals surface area contributed by atoms with E-state index in [2.05, 4.69) is 61.5 Å². The molecule has 1 aromatic rings. The van der Waals surface area contributed by atoms with Gasteiger partial charge in [0.05, 0.1) is 22.1 Å². The smallest absolute Gasteiger partial charge is 0.461 e. The molecular formula is C28H41N3OS3Si. The van der Waals surface area contributed by atoms with Gasteiger partial charge in [-0.2, -0.15) is 0 Å². The molecule has 4 nitrogen and oxygen atoms in total. The van der Waals surface area contributed by atoms with E-state index in [9.17, 15) is 0 Å². The molecule has 1 aliphatic carbocycles. The van der Waals surface area contributed by atoms with Crippen LogP contribution in [0, 0.1) is 0 Å². The first-order valence-corrected chi connectivity index (χ1v) is 16.9. The van der Waals surface area contributed by atoms with Gasteiger partial charge in [0.1, 0.15) is 5.75 Å². The Labute approximate surface area is 235 Å². The minimum Gasteiger partial charge on any atom is -0.493 e. The Kier molecular flexibility index (Phi) is 15.4. The summed E-state index contributed by atoms with van der Waals surface area (Å²) in [4.78, 5) is 0. The third-order valence-corrected chi connectivity index (χ3v) is 10.4. The number of ether oxygens (including phenoxy) is 1. The van der Waals surface area contributed by atoms with E-state index in [4.69, 9.17) is 41.4 Å². The standard InChI is InChI=1S/C28H41N3OS3Si/c1-3-5-6-8-13-24(12-4-2)26-16-17-28(27(20-26)25-14-9-7-10-15-25)32-18-11-19-36(29-21-33,30-22-34)31-23-35/h16-17,20,24-25H,3-15,18-19H2,1-2H3. The predicted molar refractivity (Wildman–Crippen MR) is 164 cm³/mol. The van der Waals surface area contributed by atoms with Gasteiger partial charge in [0.2, 0.25) is 0 Å². The van der Waals surface area contributed by atoms with Crippen molar-refractivity contribution in [2.45, 2.75) is 115 Å². The third-order valence-electron chi connectivity index (χ3n) is 7.18. The van der Waals surface area contributed by atoms with Gasteiger partial charge in [0, 0.05) is 6.04 Å². The van der Waals surface area contributed by atoms with Crippen LogP contribution < -0.4 is 4.74 Å².